The molecule has 0 aromatic heterocycles. The van der Waals surface area contributed by atoms with Gasteiger partial charge < -0.3 is 24.4 Å². The molecule has 2 N–H and O–H groups in total. The molecule has 0 bridgehead atoms. The number of carboxylic acids is 1. The first-order chi connectivity index (χ1) is 15.3. The summed E-state index contributed by atoms with van der Waals surface area (Å²) in [5.41, 5.74) is 2.52. The number of carbonyl (C=O) groups is 2. The van der Waals surface area contributed by atoms with E-state index >= 15 is 0 Å². The van der Waals surface area contributed by atoms with E-state index in [9.17, 15) is 14.7 Å². The van der Waals surface area contributed by atoms with Crippen LogP contribution >= 0.6 is 0 Å². The third-order valence-corrected chi connectivity index (χ3v) is 6.72. The molecule has 32 heavy (non-hydrogen) atoms. The standard InChI is InChI=1S/C25H36O7/c1-16(26)6-7-18-8-9-20-13-22-19(12-21(18)20)4-3-5-23(22)31-15-25(29)32-17(2)14-30-11-10-24(27)28/h3-5,16-18,20-21,26H,6-15H2,1-2H3,(H,27,28). The molecule has 0 radical (unpaired) electrons. The lowest BCUT2D eigenvalue weighted by Gasteiger charge is -2.32. The first kappa shape index (κ1) is 24.5. The zero-order valence-electron chi connectivity index (χ0n) is 19.1. The number of aliphatic hydroxyl groups is 1. The molecular formula is C25H36O7. The number of hydrogen-bond donors (Lipinski definition) is 2. The first-order valence-electron chi connectivity index (χ1n) is 11.7. The van der Waals surface area contributed by atoms with Gasteiger partial charge in [0.15, 0.2) is 6.61 Å². The van der Waals surface area contributed by atoms with E-state index in [2.05, 4.69) is 6.07 Å². The van der Waals surface area contributed by atoms with Gasteiger partial charge in [-0.3, -0.25) is 4.79 Å². The van der Waals surface area contributed by atoms with Crippen LogP contribution in [0.5, 0.6) is 5.75 Å². The Morgan fingerprint density at radius 3 is 2.75 bits per heavy atom. The van der Waals surface area contributed by atoms with Crippen molar-refractivity contribution in [2.45, 2.75) is 71.0 Å². The highest BCUT2D eigenvalue weighted by Crippen LogP contribution is 2.48. The maximum Gasteiger partial charge on any atom is 0.344 e. The normalized spacial score (nSPS) is 23.7. The Kier molecular flexibility index (Phi) is 8.93. The number of aliphatic carboxylic acids is 1. The quantitative estimate of drug-likeness (QED) is 0.373. The van der Waals surface area contributed by atoms with Gasteiger partial charge in [-0.1, -0.05) is 12.1 Å². The smallest absolute Gasteiger partial charge is 0.344 e. The number of carbonyl (C=O) groups excluding carboxylic acids is 1. The third kappa shape index (κ3) is 6.94. The van der Waals surface area contributed by atoms with E-state index in [4.69, 9.17) is 19.3 Å². The Morgan fingerprint density at radius 1 is 1.19 bits per heavy atom. The molecular weight excluding hydrogens is 412 g/mol. The summed E-state index contributed by atoms with van der Waals surface area (Å²) < 4.78 is 16.4. The number of esters is 1. The fourth-order valence-corrected chi connectivity index (χ4v) is 5.16. The number of benzene rings is 1. The highest BCUT2D eigenvalue weighted by Gasteiger charge is 2.39. The lowest BCUT2D eigenvalue weighted by molar-refractivity contribution is -0.154. The van der Waals surface area contributed by atoms with Crippen LogP contribution in [-0.2, 0) is 31.9 Å². The van der Waals surface area contributed by atoms with Gasteiger partial charge in [0.25, 0.3) is 0 Å². The third-order valence-electron chi connectivity index (χ3n) is 6.72. The average molecular weight is 449 g/mol. The second-order valence-corrected chi connectivity index (χ2v) is 9.30. The van der Waals surface area contributed by atoms with Crippen LogP contribution in [0.4, 0.5) is 0 Å². The van der Waals surface area contributed by atoms with Crippen molar-refractivity contribution in [3.05, 3.63) is 29.3 Å². The molecule has 2 aliphatic carbocycles. The molecule has 7 heteroatoms. The van der Waals surface area contributed by atoms with Crippen LogP contribution in [0, 0.1) is 17.8 Å². The predicted molar refractivity (Wildman–Crippen MR) is 119 cm³/mol. The molecule has 0 spiro atoms. The van der Waals surface area contributed by atoms with Gasteiger partial charge in [0, 0.05) is 0 Å². The Labute approximate surface area is 190 Å². The van der Waals surface area contributed by atoms with Crippen LogP contribution in [-0.4, -0.2) is 54.2 Å². The molecule has 3 rings (SSSR count). The molecule has 2 aliphatic rings. The molecule has 0 saturated heterocycles. The summed E-state index contributed by atoms with van der Waals surface area (Å²) in [6.45, 7) is 3.65. The van der Waals surface area contributed by atoms with E-state index in [-0.39, 0.29) is 32.3 Å². The van der Waals surface area contributed by atoms with Crippen LogP contribution in [0.1, 0.15) is 57.1 Å². The fourth-order valence-electron chi connectivity index (χ4n) is 5.16. The van der Waals surface area contributed by atoms with E-state index in [1.165, 1.54) is 24.0 Å². The maximum absolute atomic E-state index is 12.2. The SMILES string of the molecule is CC(O)CCC1CCC2Cc3c(cccc3OCC(=O)OC(C)COCCC(=O)O)CC12. The van der Waals surface area contributed by atoms with Gasteiger partial charge in [0.1, 0.15) is 11.9 Å². The average Bonchev–Trinajstić information content (AvgIpc) is 3.14. The van der Waals surface area contributed by atoms with E-state index in [1.54, 1.807) is 6.92 Å². The van der Waals surface area contributed by atoms with Gasteiger partial charge in [0.05, 0.1) is 25.7 Å². The maximum atomic E-state index is 12.2. The van der Waals surface area contributed by atoms with Gasteiger partial charge in [-0.2, -0.15) is 0 Å². The van der Waals surface area contributed by atoms with Crippen molar-refractivity contribution >= 4 is 11.9 Å². The number of carboxylic acid groups (broad SMARTS) is 1. The summed E-state index contributed by atoms with van der Waals surface area (Å²) in [6.07, 6.45) is 5.64. The number of hydrogen-bond acceptors (Lipinski definition) is 6. The van der Waals surface area contributed by atoms with Crippen LogP contribution in [0.2, 0.25) is 0 Å². The molecule has 0 aliphatic heterocycles. The fraction of sp³-hybridized carbons (Fsp3) is 0.680. The summed E-state index contributed by atoms with van der Waals surface area (Å²) in [4.78, 5) is 22.7. The molecule has 0 amide bonds. The Hall–Kier alpha value is -2.12. The molecule has 0 heterocycles. The minimum absolute atomic E-state index is 0.0773. The number of ether oxygens (including phenoxy) is 3. The van der Waals surface area contributed by atoms with E-state index < -0.39 is 18.0 Å². The van der Waals surface area contributed by atoms with Crippen molar-refractivity contribution in [2.75, 3.05) is 19.8 Å². The monoisotopic (exact) mass is 448 g/mol. The summed E-state index contributed by atoms with van der Waals surface area (Å²) >= 11 is 0. The highest BCUT2D eigenvalue weighted by atomic mass is 16.6. The predicted octanol–water partition coefficient (Wildman–Crippen LogP) is 3.39. The highest BCUT2D eigenvalue weighted by molar-refractivity contribution is 5.71. The van der Waals surface area contributed by atoms with Crippen LogP contribution in [0.15, 0.2) is 18.2 Å². The molecule has 1 saturated carbocycles. The van der Waals surface area contributed by atoms with Crippen molar-refractivity contribution in [3.63, 3.8) is 0 Å². The lowest BCUT2D eigenvalue weighted by atomic mass is 9.73. The Morgan fingerprint density at radius 2 is 2.00 bits per heavy atom. The minimum Gasteiger partial charge on any atom is -0.482 e. The van der Waals surface area contributed by atoms with Crippen LogP contribution in [0.3, 0.4) is 0 Å². The summed E-state index contributed by atoms with van der Waals surface area (Å²) in [6, 6.07) is 6.07. The van der Waals surface area contributed by atoms with Gasteiger partial charge in [-0.15, -0.1) is 0 Å². The molecule has 5 atom stereocenters. The molecule has 1 aromatic carbocycles. The van der Waals surface area contributed by atoms with Crippen LogP contribution < -0.4 is 4.74 Å². The number of aliphatic hydroxyl groups excluding tert-OH is 1. The minimum atomic E-state index is -0.923. The second-order valence-electron chi connectivity index (χ2n) is 9.30. The number of rotatable bonds is 12. The molecule has 178 valence electrons. The van der Waals surface area contributed by atoms with E-state index in [1.807, 2.05) is 19.1 Å². The van der Waals surface area contributed by atoms with Crippen molar-refractivity contribution in [3.8, 4) is 5.75 Å². The van der Waals surface area contributed by atoms with Gasteiger partial charge >= 0.3 is 11.9 Å². The molecule has 7 nitrogen and oxygen atoms in total. The van der Waals surface area contributed by atoms with E-state index in [0.29, 0.717) is 17.8 Å². The second kappa shape index (κ2) is 11.7. The topological polar surface area (TPSA) is 102 Å². The van der Waals surface area contributed by atoms with Crippen molar-refractivity contribution < 1.29 is 34.0 Å². The van der Waals surface area contributed by atoms with Gasteiger partial charge in [-0.05, 0) is 87.3 Å². The lowest BCUT2D eigenvalue weighted by Crippen LogP contribution is -2.27. The summed E-state index contributed by atoms with van der Waals surface area (Å²) in [5.74, 6) is 1.36. The molecule has 1 fully saturated rings. The zero-order valence-corrected chi connectivity index (χ0v) is 19.1. The van der Waals surface area contributed by atoms with Gasteiger partial charge in [-0.25, -0.2) is 4.79 Å². The summed E-state index contributed by atoms with van der Waals surface area (Å²) in [7, 11) is 0. The zero-order chi connectivity index (χ0) is 23.1. The number of fused-ring (bicyclic) bond motifs is 2. The Bertz CT molecular complexity index is 776. The van der Waals surface area contributed by atoms with Crippen molar-refractivity contribution in [2.24, 2.45) is 17.8 Å². The molecule has 5 unspecified atom stereocenters. The van der Waals surface area contributed by atoms with Crippen LogP contribution in [0.25, 0.3) is 0 Å². The van der Waals surface area contributed by atoms with E-state index in [0.717, 1.165) is 31.4 Å². The van der Waals surface area contributed by atoms with Gasteiger partial charge in [0.2, 0.25) is 0 Å². The Balaban J connectivity index is 1.49. The largest absolute Gasteiger partial charge is 0.482 e. The summed E-state index contributed by atoms with van der Waals surface area (Å²) in [5, 5.41) is 18.3. The van der Waals surface area contributed by atoms with Crippen molar-refractivity contribution in [1.82, 2.24) is 0 Å². The first-order valence-corrected chi connectivity index (χ1v) is 11.7. The molecule has 1 aromatic rings. The van der Waals surface area contributed by atoms with Crippen molar-refractivity contribution in [1.29, 1.82) is 0 Å².